The number of ether oxygens (including phenoxy) is 2. The third kappa shape index (κ3) is 7.52. The zero-order valence-corrected chi connectivity index (χ0v) is 20.8. The lowest BCUT2D eigenvalue weighted by Gasteiger charge is -2.31. The van der Waals surface area contributed by atoms with E-state index in [4.69, 9.17) is 9.47 Å². The molecule has 0 unspecified atom stereocenters. The van der Waals surface area contributed by atoms with E-state index in [2.05, 4.69) is 19.2 Å². The van der Waals surface area contributed by atoms with Crippen molar-refractivity contribution in [1.82, 2.24) is 10.2 Å². The minimum Gasteiger partial charge on any atom is -0.497 e. The van der Waals surface area contributed by atoms with Crippen LogP contribution < -0.4 is 14.8 Å². The Labute approximate surface area is 198 Å². The van der Waals surface area contributed by atoms with Gasteiger partial charge in [-0.15, -0.1) is 0 Å². The molecule has 1 N–H and O–H groups in total. The average Bonchev–Trinajstić information content (AvgIpc) is 2.82. The molecule has 0 radical (unpaired) electrons. The largest absolute Gasteiger partial charge is 0.497 e. The Balaban J connectivity index is 2.28. The molecule has 0 aliphatic heterocycles. The van der Waals surface area contributed by atoms with Gasteiger partial charge in [0.1, 0.15) is 17.5 Å². The normalized spacial score (nSPS) is 12.7. The summed E-state index contributed by atoms with van der Waals surface area (Å²) in [4.78, 5) is 28.1. The van der Waals surface area contributed by atoms with Gasteiger partial charge in [0.05, 0.1) is 7.11 Å². The second-order valence-corrected chi connectivity index (χ2v) is 8.60. The summed E-state index contributed by atoms with van der Waals surface area (Å²) in [6, 6.07) is 14.7. The minimum absolute atomic E-state index is 0.0366. The Morgan fingerprint density at radius 2 is 1.73 bits per heavy atom. The highest BCUT2D eigenvalue weighted by atomic mass is 16.5. The zero-order chi connectivity index (χ0) is 24.4. The number of para-hydroxylation sites is 1. The van der Waals surface area contributed by atoms with E-state index in [9.17, 15) is 9.59 Å². The Kier molecular flexibility index (Phi) is 10.2. The molecule has 2 rings (SSSR count). The second kappa shape index (κ2) is 12.9. The summed E-state index contributed by atoms with van der Waals surface area (Å²) in [6.07, 6.45) is 1.32. The molecule has 0 bridgehead atoms. The molecule has 6 heteroatoms. The van der Waals surface area contributed by atoms with E-state index in [1.807, 2.05) is 69.3 Å². The Morgan fingerprint density at radius 1 is 1.00 bits per heavy atom. The van der Waals surface area contributed by atoms with Crippen LogP contribution in [0.1, 0.15) is 64.5 Å². The predicted octanol–water partition coefficient (Wildman–Crippen LogP) is 4.92. The lowest BCUT2D eigenvalue weighted by atomic mass is 10.0. The molecule has 0 aromatic heterocycles. The Hall–Kier alpha value is -3.02. The first-order valence-electron chi connectivity index (χ1n) is 11.7. The van der Waals surface area contributed by atoms with Crippen molar-refractivity contribution in [3.05, 3.63) is 59.7 Å². The summed E-state index contributed by atoms with van der Waals surface area (Å²) in [5.41, 5.74) is 1.94. The van der Waals surface area contributed by atoms with Crippen LogP contribution in [0.25, 0.3) is 0 Å². The molecule has 0 saturated heterocycles. The fourth-order valence-electron chi connectivity index (χ4n) is 3.64. The summed E-state index contributed by atoms with van der Waals surface area (Å²) in [6.45, 7) is 10.2. The van der Waals surface area contributed by atoms with Gasteiger partial charge in [-0.3, -0.25) is 9.59 Å². The standard InChI is InChI=1S/C27H38N2O4/c1-7-20(5)28-27(31)24(8-2)29(17-21-12-11-13-22(16-21)32-6)26(30)18-33-25-15-10-9-14-23(25)19(3)4/h9-16,19-20,24H,7-8,17-18H2,1-6H3,(H,28,31)/t20-,24-/m1/s1. The average molecular weight is 455 g/mol. The van der Waals surface area contributed by atoms with Gasteiger partial charge in [0, 0.05) is 12.6 Å². The quantitative estimate of drug-likeness (QED) is 0.494. The number of hydrogen-bond acceptors (Lipinski definition) is 4. The topological polar surface area (TPSA) is 67.9 Å². The predicted molar refractivity (Wildman–Crippen MR) is 132 cm³/mol. The Bertz CT molecular complexity index is 912. The van der Waals surface area contributed by atoms with Gasteiger partial charge in [0.2, 0.25) is 5.91 Å². The van der Waals surface area contributed by atoms with Crippen molar-refractivity contribution in [3.63, 3.8) is 0 Å². The summed E-state index contributed by atoms with van der Waals surface area (Å²) in [5, 5.41) is 3.02. The van der Waals surface area contributed by atoms with Crippen LogP contribution in [0.2, 0.25) is 0 Å². The van der Waals surface area contributed by atoms with Gasteiger partial charge in [0.25, 0.3) is 5.91 Å². The maximum Gasteiger partial charge on any atom is 0.261 e. The van der Waals surface area contributed by atoms with Crippen molar-refractivity contribution in [3.8, 4) is 11.5 Å². The first-order valence-corrected chi connectivity index (χ1v) is 11.7. The van der Waals surface area contributed by atoms with Gasteiger partial charge in [0.15, 0.2) is 6.61 Å². The van der Waals surface area contributed by atoms with Gasteiger partial charge in [-0.2, -0.15) is 0 Å². The molecule has 0 heterocycles. The van der Waals surface area contributed by atoms with E-state index < -0.39 is 6.04 Å². The fraction of sp³-hybridized carbons (Fsp3) is 0.481. The molecule has 0 fully saturated rings. The highest BCUT2D eigenvalue weighted by Gasteiger charge is 2.29. The highest BCUT2D eigenvalue weighted by molar-refractivity contribution is 5.88. The number of carbonyl (C=O) groups excluding carboxylic acids is 2. The first-order chi connectivity index (χ1) is 15.8. The molecular weight excluding hydrogens is 416 g/mol. The van der Waals surface area contributed by atoms with E-state index in [0.29, 0.717) is 17.9 Å². The summed E-state index contributed by atoms with van der Waals surface area (Å²) < 4.78 is 11.3. The number of methoxy groups -OCH3 is 1. The fourth-order valence-corrected chi connectivity index (χ4v) is 3.64. The maximum absolute atomic E-state index is 13.4. The van der Waals surface area contributed by atoms with Crippen molar-refractivity contribution >= 4 is 11.8 Å². The number of benzene rings is 2. The van der Waals surface area contributed by atoms with Crippen LogP contribution in [0.5, 0.6) is 11.5 Å². The van der Waals surface area contributed by atoms with Crippen LogP contribution in [0.4, 0.5) is 0 Å². The van der Waals surface area contributed by atoms with Gasteiger partial charge in [-0.25, -0.2) is 0 Å². The minimum atomic E-state index is -0.596. The Morgan fingerprint density at radius 3 is 2.36 bits per heavy atom. The third-order valence-corrected chi connectivity index (χ3v) is 5.77. The lowest BCUT2D eigenvalue weighted by molar-refractivity contribution is -0.143. The second-order valence-electron chi connectivity index (χ2n) is 8.60. The number of amides is 2. The number of rotatable bonds is 12. The van der Waals surface area contributed by atoms with E-state index in [0.717, 1.165) is 17.5 Å². The first kappa shape index (κ1) is 26.2. The van der Waals surface area contributed by atoms with Gasteiger partial charge >= 0.3 is 0 Å². The van der Waals surface area contributed by atoms with Crippen LogP contribution in [0.3, 0.4) is 0 Å². The van der Waals surface area contributed by atoms with Crippen LogP contribution in [0.15, 0.2) is 48.5 Å². The van der Waals surface area contributed by atoms with E-state index in [1.165, 1.54) is 0 Å². The monoisotopic (exact) mass is 454 g/mol. The SMILES string of the molecule is CC[C@@H](C)NC(=O)[C@@H](CC)N(Cc1cccc(OC)c1)C(=O)COc1ccccc1C(C)C. The smallest absolute Gasteiger partial charge is 0.261 e. The van der Waals surface area contributed by atoms with Crippen molar-refractivity contribution in [2.45, 2.75) is 72.0 Å². The van der Waals surface area contributed by atoms with Gasteiger partial charge in [-0.1, -0.05) is 58.0 Å². The molecule has 0 aliphatic carbocycles. The third-order valence-electron chi connectivity index (χ3n) is 5.77. The number of carbonyl (C=O) groups is 2. The molecule has 180 valence electrons. The van der Waals surface area contributed by atoms with Crippen LogP contribution in [0, 0.1) is 0 Å². The molecule has 0 aliphatic rings. The van der Waals surface area contributed by atoms with Gasteiger partial charge in [-0.05, 0) is 55.0 Å². The van der Waals surface area contributed by atoms with E-state index in [1.54, 1.807) is 12.0 Å². The van der Waals surface area contributed by atoms with Crippen molar-refractivity contribution in [1.29, 1.82) is 0 Å². The number of nitrogens with zero attached hydrogens (tertiary/aromatic N) is 1. The molecule has 2 amide bonds. The molecular formula is C27H38N2O4. The number of hydrogen-bond donors (Lipinski definition) is 1. The van der Waals surface area contributed by atoms with Crippen molar-refractivity contribution in [2.24, 2.45) is 0 Å². The molecule has 0 spiro atoms. The maximum atomic E-state index is 13.4. The van der Waals surface area contributed by atoms with Crippen molar-refractivity contribution < 1.29 is 19.1 Å². The van der Waals surface area contributed by atoms with Crippen LogP contribution >= 0.6 is 0 Å². The van der Waals surface area contributed by atoms with Crippen molar-refractivity contribution in [2.75, 3.05) is 13.7 Å². The molecule has 2 aromatic carbocycles. The van der Waals surface area contributed by atoms with E-state index >= 15 is 0 Å². The summed E-state index contributed by atoms with van der Waals surface area (Å²) >= 11 is 0. The molecule has 2 atom stereocenters. The molecule has 0 saturated carbocycles. The summed E-state index contributed by atoms with van der Waals surface area (Å²) in [7, 11) is 1.61. The van der Waals surface area contributed by atoms with Crippen LogP contribution in [-0.4, -0.2) is 42.5 Å². The highest BCUT2D eigenvalue weighted by Crippen LogP contribution is 2.26. The van der Waals surface area contributed by atoms with E-state index in [-0.39, 0.29) is 36.9 Å². The lowest BCUT2D eigenvalue weighted by Crippen LogP contribution is -2.51. The van der Waals surface area contributed by atoms with Crippen LogP contribution in [-0.2, 0) is 16.1 Å². The number of nitrogens with one attached hydrogen (secondary N) is 1. The molecule has 6 nitrogen and oxygen atoms in total. The van der Waals surface area contributed by atoms with Gasteiger partial charge < -0.3 is 19.7 Å². The zero-order valence-electron chi connectivity index (χ0n) is 20.8. The summed E-state index contributed by atoms with van der Waals surface area (Å²) in [5.74, 6) is 1.29. The molecule has 33 heavy (non-hydrogen) atoms. The molecule has 2 aromatic rings.